The normalized spacial score (nSPS) is 10.5. The van der Waals surface area contributed by atoms with E-state index in [0.29, 0.717) is 11.4 Å². The van der Waals surface area contributed by atoms with Gasteiger partial charge >= 0.3 is 0 Å². The molecule has 0 radical (unpaired) electrons. The first-order valence-electron chi connectivity index (χ1n) is 7.25. The Morgan fingerprint density at radius 3 is 2.61 bits per heavy atom. The van der Waals surface area contributed by atoms with E-state index in [4.69, 9.17) is 10.00 Å². The van der Waals surface area contributed by atoms with Crippen molar-refractivity contribution in [1.82, 2.24) is 9.97 Å². The van der Waals surface area contributed by atoms with Gasteiger partial charge in [-0.2, -0.15) is 5.26 Å². The fourth-order valence-corrected chi connectivity index (χ4v) is 2.93. The summed E-state index contributed by atoms with van der Waals surface area (Å²) >= 11 is 1.58. The number of benzene rings is 1. The van der Waals surface area contributed by atoms with E-state index < -0.39 is 0 Å². The van der Waals surface area contributed by atoms with Crippen molar-refractivity contribution in [1.29, 1.82) is 5.26 Å². The Hall–Kier alpha value is -2.71. The number of nitrogens with zero attached hydrogens (tertiary/aromatic N) is 3. The Morgan fingerprint density at radius 2 is 1.91 bits per heavy atom. The first-order valence-corrected chi connectivity index (χ1v) is 8.13. The molecule has 2 heterocycles. The van der Waals surface area contributed by atoms with E-state index in [1.54, 1.807) is 29.7 Å². The maximum Gasteiger partial charge on any atom is 0.214 e. The number of nitriles is 1. The Kier molecular flexibility index (Phi) is 4.35. The fourth-order valence-electron chi connectivity index (χ4n) is 2.10. The third-order valence-corrected chi connectivity index (χ3v) is 4.04. The number of thiazole rings is 1. The molecule has 0 aliphatic rings. The molecule has 2 aromatic heterocycles. The van der Waals surface area contributed by atoms with Crippen molar-refractivity contribution in [2.24, 2.45) is 0 Å². The van der Waals surface area contributed by atoms with Crippen LogP contribution in [0, 0.1) is 11.3 Å². The lowest BCUT2D eigenvalue weighted by molar-refractivity contribution is 0.233. The van der Waals surface area contributed by atoms with E-state index in [1.807, 2.05) is 43.5 Å². The largest absolute Gasteiger partial charge is 0.475 e. The Labute approximate surface area is 139 Å². The molecular weight excluding hydrogens is 306 g/mol. The van der Waals surface area contributed by atoms with Gasteiger partial charge in [-0.3, -0.25) is 0 Å². The van der Waals surface area contributed by atoms with Crippen LogP contribution in [0.1, 0.15) is 19.4 Å². The molecular formula is C18H15N3OS. The van der Waals surface area contributed by atoms with Crippen molar-refractivity contribution in [2.45, 2.75) is 20.0 Å². The molecule has 3 aromatic rings. The summed E-state index contributed by atoms with van der Waals surface area (Å²) in [6.45, 7) is 3.95. The average Bonchev–Trinajstić information content (AvgIpc) is 3.04. The zero-order chi connectivity index (χ0) is 16.2. The van der Waals surface area contributed by atoms with Crippen molar-refractivity contribution in [3.8, 4) is 33.8 Å². The van der Waals surface area contributed by atoms with Crippen molar-refractivity contribution < 1.29 is 4.74 Å². The summed E-state index contributed by atoms with van der Waals surface area (Å²) in [5, 5.41) is 11.8. The van der Waals surface area contributed by atoms with Crippen LogP contribution in [0.15, 0.2) is 48.0 Å². The minimum Gasteiger partial charge on any atom is -0.475 e. The number of hydrogen-bond donors (Lipinski definition) is 0. The Balaban J connectivity index is 1.88. The van der Waals surface area contributed by atoms with Crippen LogP contribution in [0.5, 0.6) is 5.88 Å². The van der Waals surface area contributed by atoms with E-state index in [2.05, 4.69) is 16.0 Å². The lowest BCUT2D eigenvalue weighted by atomic mass is 10.1. The molecule has 1 aromatic carbocycles. The summed E-state index contributed by atoms with van der Waals surface area (Å²) in [4.78, 5) is 8.89. The molecule has 0 aliphatic heterocycles. The Bertz CT molecular complexity index is 847. The van der Waals surface area contributed by atoms with E-state index in [1.165, 1.54) is 0 Å². The highest BCUT2D eigenvalue weighted by atomic mass is 32.1. The quantitative estimate of drug-likeness (QED) is 0.708. The summed E-state index contributed by atoms with van der Waals surface area (Å²) in [5.41, 5.74) is 3.53. The molecule has 0 bridgehead atoms. The summed E-state index contributed by atoms with van der Waals surface area (Å²) in [7, 11) is 0. The summed E-state index contributed by atoms with van der Waals surface area (Å²) in [6, 6.07) is 13.4. The summed E-state index contributed by atoms with van der Waals surface area (Å²) < 4.78 is 5.63. The lowest BCUT2D eigenvalue weighted by Crippen LogP contribution is -2.06. The van der Waals surface area contributed by atoms with E-state index in [-0.39, 0.29) is 6.10 Å². The van der Waals surface area contributed by atoms with Crippen LogP contribution in [-0.4, -0.2) is 16.1 Å². The zero-order valence-electron chi connectivity index (χ0n) is 12.9. The summed E-state index contributed by atoms with van der Waals surface area (Å²) in [6.07, 6.45) is 1.82. The molecule has 0 N–H and O–H groups in total. The van der Waals surface area contributed by atoms with Gasteiger partial charge in [-0.25, -0.2) is 9.97 Å². The van der Waals surface area contributed by atoms with E-state index >= 15 is 0 Å². The second kappa shape index (κ2) is 6.59. The van der Waals surface area contributed by atoms with Crippen LogP contribution in [0.25, 0.3) is 21.8 Å². The number of ether oxygens (including phenoxy) is 1. The van der Waals surface area contributed by atoms with Gasteiger partial charge in [-0.05, 0) is 32.0 Å². The molecule has 0 amide bonds. The molecule has 0 aliphatic carbocycles. The molecule has 3 rings (SSSR count). The summed E-state index contributed by atoms with van der Waals surface area (Å²) in [5.74, 6) is 0.604. The smallest absolute Gasteiger partial charge is 0.214 e. The van der Waals surface area contributed by atoms with Gasteiger partial charge in [0.15, 0.2) is 0 Å². The predicted molar refractivity (Wildman–Crippen MR) is 91.3 cm³/mol. The van der Waals surface area contributed by atoms with Gasteiger partial charge in [0.05, 0.1) is 23.4 Å². The molecule has 4 nitrogen and oxygen atoms in total. The van der Waals surface area contributed by atoms with E-state index in [0.717, 1.165) is 21.8 Å². The van der Waals surface area contributed by atoms with Crippen molar-refractivity contribution in [2.75, 3.05) is 0 Å². The highest BCUT2D eigenvalue weighted by Crippen LogP contribution is 2.30. The minimum absolute atomic E-state index is 0.0863. The van der Waals surface area contributed by atoms with Crippen molar-refractivity contribution in [3.05, 3.63) is 53.5 Å². The molecule has 0 saturated carbocycles. The molecule has 5 heteroatoms. The minimum atomic E-state index is 0.0863. The maximum absolute atomic E-state index is 8.86. The van der Waals surface area contributed by atoms with Crippen LogP contribution in [0.4, 0.5) is 0 Å². The second-order valence-corrected chi connectivity index (χ2v) is 6.13. The van der Waals surface area contributed by atoms with Gasteiger partial charge in [0.25, 0.3) is 0 Å². The molecule has 23 heavy (non-hydrogen) atoms. The van der Waals surface area contributed by atoms with Crippen LogP contribution in [-0.2, 0) is 0 Å². The molecule has 0 unspecified atom stereocenters. The van der Waals surface area contributed by atoms with Crippen LogP contribution in [0.2, 0.25) is 0 Å². The highest BCUT2D eigenvalue weighted by Gasteiger charge is 2.09. The first-order chi connectivity index (χ1) is 11.2. The van der Waals surface area contributed by atoms with Gasteiger partial charge in [0.1, 0.15) is 5.01 Å². The molecule has 0 fully saturated rings. The lowest BCUT2D eigenvalue weighted by Gasteiger charge is -2.08. The fraction of sp³-hybridized carbons (Fsp3) is 0.167. The third-order valence-electron chi connectivity index (χ3n) is 3.15. The van der Waals surface area contributed by atoms with Gasteiger partial charge in [0, 0.05) is 28.8 Å². The highest BCUT2D eigenvalue weighted by molar-refractivity contribution is 7.13. The van der Waals surface area contributed by atoms with Crippen LogP contribution >= 0.6 is 11.3 Å². The SMILES string of the molecule is CC(C)Oc1cc(-c2nc(-c3ccc(C#N)cc3)cs2)ccn1. The number of rotatable bonds is 4. The molecule has 0 atom stereocenters. The standard InChI is InChI=1S/C18H15N3OS/c1-12(2)22-17-9-15(7-8-20-17)18-21-16(11-23-18)14-5-3-13(10-19)4-6-14/h3-9,11-12H,1-2H3. The van der Waals surface area contributed by atoms with E-state index in [9.17, 15) is 0 Å². The predicted octanol–water partition coefficient (Wildman–Crippen LogP) is 4.53. The van der Waals surface area contributed by atoms with Crippen molar-refractivity contribution >= 4 is 11.3 Å². The van der Waals surface area contributed by atoms with Crippen LogP contribution < -0.4 is 4.74 Å². The van der Waals surface area contributed by atoms with Gasteiger partial charge in [0.2, 0.25) is 5.88 Å². The maximum atomic E-state index is 8.86. The third kappa shape index (κ3) is 3.55. The van der Waals surface area contributed by atoms with Gasteiger partial charge in [-0.1, -0.05) is 12.1 Å². The number of hydrogen-bond acceptors (Lipinski definition) is 5. The molecule has 0 saturated heterocycles. The number of pyridine rings is 1. The topological polar surface area (TPSA) is 58.8 Å². The molecule has 0 spiro atoms. The van der Waals surface area contributed by atoms with Gasteiger partial charge in [-0.15, -0.1) is 11.3 Å². The first kappa shape index (κ1) is 15.2. The zero-order valence-corrected chi connectivity index (χ0v) is 13.7. The monoisotopic (exact) mass is 321 g/mol. The molecule has 114 valence electrons. The second-order valence-electron chi connectivity index (χ2n) is 5.28. The Morgan fingerprint density at radius 1 is 1.13 bits per heavy atom. The van der Waals surface area contributed by atoms with Gasteiger partial charge < -0.3 is 4.74 Å². The van der Waals surface area contributed by atoms with Crippen LogP contribution in [0.3, 0.4) is 0 Å². The average molecular weight is 321 g/mol. The number of aromatic nitrogens is 2. The van der Waals surface area contributed by atoms with Crippen molar-refractivity contribution in [3.63, 3.8) is 0 Å².